The lowest BCUT2D eigenvalue weighted by atomic mass is 9.85. The Bertz CT molecular complexity index is 279. The molecule has 0 unspecified atom stereocenters. The summed E-state index contributed by atoms with van der Waals surface area (Å²) in [6.07, 6.45) is 1.56. The predicted molar refractivity (Wildman–Crippen MR) is 64.1 cm³/mol. The molecule has 0 aliphatic carbocycles. The van der Waals surface area contributed by atoms with Crippen LogP contribution in [0.1, 0.15) is 18.4 Å². The van der Waals surface area contributed by atoms with E-state index in [4.69, 9.17) is 15.2 Å². The molecule has 1 radical (unpaired) electrons. The molecule has 0 fully saturated rings. The zero-order valence-electron chi connectivity index (χ0n) is 10.0. The van der Waals surface area contributed by atoms with Gasteiger partial charge in [0.2, 0.25) is 0 Å². The fraction of sp³-hybridized carbons (Fsp3) is 0.538. The van der Waals surface area contributed by atoms with Gasteiger partial charge in [0.05, 0.1) is 0 Å². The number of hydrogen-bond acceptors (Lipinski definition) is 3. The minimum atomic E-state index is -0.385. The lowest BCUT2D eigenvalue weighted by molar-refractivity contribution is 0.133. The van der Waals surface area contributed by atoms with Gasteiger partial charge in [-0.15, -0.1) is 0 Å². The van der Waals surface area contributed by atoms with Crippen LogP contribution in [0.4, 0.5) is 0 Å². The fourth-order valence-electron chi connectivity index (χ4n) is 1.69. The van der Waals surface area contributed by atoms with Crippen molar-refractivity contribution < 1.29 is 9.47 Å². The Morgan fingerprint density at radius 1 is 1.25 bits per heavy atom. The van der Waals surface area contributed by atoms with Crippen molar-refractivity contribution in [3.05, 3.63) is 35.9 Å². The molecule has 0 heterocycles. The molecule has 0 aromatic heterocycles. The van der Waals surface area contributed by atoms with Crippen LogP contribution in [-0.2, 0) is 15.0 Å². The van der Waals surface area contributed by atoms with Crippen LogP contribution in [0, 0.1) is 6.07 Å². The molecule has 0 bridgehead atoms. The maximum atomic E-state index is 6.41. The van der Waals surface area contributed by atoms with E-state index in [0.717, 1.165) is 18.4 Å². The van der Waals surface area contributed by atoms with Gasteiger partial charge in [-0.05, 0) is 30.5 Å². The lowest BCUT2D eigenvalue weighted by Gasteiger charge is -2.29. The molecular formula is C13H20NO2. The molecule has 0 amide bonds. The van der Waals surface area contributed by atoms with E-state index in [0.29, 0.717) is 13.2 Å². The van der Waals surface area contributed by atoms with Crippen LogP contribution in [0.5, 0.6) is 0 Å². The van der Waals surface area contributed by atoms with Crippen molar-refractivity contribution in [3.63, 3.8) is 0 Å². The zero-order chi connectivity index (χ0) is 11.9. The molecule has 0 saturated heterocycles. The van der Waals surface area contributed by atoms with E-state index in [1.807, 2.05) is 24.3 Å². The van der Waals surface area contributed by atoms with E-state index in [9.17, 15) is 0 Å². The normalized spacial score (nSPS) is 11.7. The maximum Gasteiger partial charge on any atom is 0.0483 e. The average molecular weight is 222 g/mol. The van der Waals surface area contributed by atoms with Crippen molar-refractivity contribution in [2.75, 3.05) is 27.4 Å². The Morgan fingerprint density at radius 2 is 1.88 bits per heavy atom. The molecular weight excluding hydrogens is 202 g/mol. The van der Waals surface area contributed by atoms with Gasteiger partial charge in [0.1, 0.15) is 0 Å². The van der Waals surface area contributed by atoms with Gasteiger partial charge >= 0.3 is 0 Å². The summed E-state index contributed by atoms with van der Waals surface area (Å²) >= 11 is 0. The Morgan fingerprint density at radius 3 is 2.31 bits per heavy atom. The molecule has 0 saturated carbocycles. The van der Waals surface area contributed by atoms with Crippen LogP contribution < -0.4 is 5.73 Å². The monoisotopic (exact) mass is 222 g/mol. The van der Waals surface area contributed by atoms with E-state index in [1.54, 1.807) is 14.2 Å². The first kappa shape index (κ1) is 13.2. The zero-order valence-corrected chi connectivity index (χ0v) is 10.0. The van der Waals surface area contributed by atoms with Crippen molar-refractivity contribution in [1.29, 1.82) is 0 Å². The average Bonchev–Trinajstić information content (AvgIpc) is 2.35. The number of rotatable bonds is 7. The summed E-state index contributed by atoms with van der Waals surface area (Å²) in [6, 6.07) is 10.8. The van der Waals surface area contributed by atoms with Gasteiger partial charge in [-0.25, -0.2) is 0 Å². The van der Waals surface area contributed by atoms with Crippen LogP contribution in [-0.4, -0.2) is 27.4 Å². The summed E-state index contributed by atoms with van der Waals surface area (Å²) in [6.45, 7) is 1.30. The summed E-state index contributed by atoms with van der Waals surface area (Å²) in [5.74, 6) is 0. The molecule has 1 aromatic carbocycles. The summed E-state index contributed by atoms with van der Waals surface area (Å²) < 4.78 is 10.2. The Hall–Kier alpha value is -0.900. The summed E-state index contributed by atoms with van der Waals surface area (Å²) in [5, 5.41) is 0. The molecule has 0 atom stereocenters. The predicted octanol–water partition coefficient (Wildman–Crippen LogP) is 1.71. The maximum absolute atomic E-state index is 6.41. The van der Waals surface area contributed by atoms with Gasteiger partial charge < -0.3 is 15.2 Å². The first-order valence-electron chi connectivity index (χ1n) is 5.46. The number of nitrogens with two attached hydrogens (primary N) is 1. The van der Waals surface area contributed by atoms with Crippen LogP contribution in [0.15, 0.2) is 24.3 Å². The van der Waals surface area contributed by atoms with Crippen molar-refractivity contribution in [2.24, 2.45) is 5.73 Å². The summed E-state index contributed by atoms with van der Waals surface area (Å²) in [7, 11) is 3.38. The molecule has 2 N–H and O–H groups in total. The second-order valence-corrected chi connectivity index (χ2v) is 3.93. The molecule has 0 aliphatic heterocycles. The molecule has 0 spiro atoms. The summed E-state index contributed by atoms with van der Waals surface area (Å²) in [4.78, 5) is 0. The first-order chi connectivity index (χ1) is 7.73. The highest BCUT2D eigenvalue weighted by atomic mass is 16.5. The number of hydrogen-bond donors (Lipinski definition) is 1. The molecule has 89 valence electrons. The largest absolute Gasteiger partial charge is 0.385 e. The second kappa shape index (κ2) is 6.63. The van der Waals surface area contributed by atoms with Crippen molar-refractivity contribution in [3.8, 4) is 0 Å². The Kier molecular flexibility index (Phi) is 5.46. The Balaban J connectivity index is 2.77. The van der Waals surface area contributed by atoms with E-state index in [1.165, 1.54) is 0 Å². The molecule has 16 heavy (non-hydrogen) atoms. The van der Waals surface area contributed by atoms with Crippen LogP contribution >= 0.6 is 0 Å². The molecule has 1 aromatic rings. The van der Waals surface area contributed by atoms with Crippen LogP contribution in [0.25, 0.3) is 0 Å². The number of methoxy groups -OCH3 is 2. The number of ether oxygens (including phenoxy) is 2. The molecule has 0 aliphatic rings. The van der Waals surface area contributed by atoms with Crippen molar-refractivity contribution in [1.82, 2.24) is 0 Å². The highest BCUT2D eigenvalue weighted by molar-refractivity contribution is 5.23. The van der Waals surface area contributed by atoms with Gasteiger partial charge in [-0.1, -0.05) is 18.2 Å². The van der Waals surface area contributed by atoms with E-state index >= 15 is 0 Å². The smallest absolute Gasteiger partial charge is 0.0483 e. The van der Waals surface area contributed by atoms with Gasteiger partial charge in [0.25, 0.3) is 0 Å². The third-order valence-electron chi connectivity index (χ3n) is 2.79. The SMILES string of the molecule is COCCC(N)(CCOC)c1c[c]ccc1. The van der Waals surface area contributed by atoms with Crippen LogP contribution in [0.3, 0.4) is 0 Å². The molecule has 3 nitrogen and oxygen atoms in total. The Labute approximate surface area is 97.6 Å². The third-order valence-corrected chi connectivity index (χ3v) is 2.79. The topological polar surface area (TPSA) is 44.5 Å². The van der Waals surface area contributed by atoms with Crippen molar-refractivity contribution >= 4 is 0 Å². The highest BCUT2D eigenvalue weighted by Crippen LogP contribution is 2.25. The van der Waals surface area contributed by atoms with Gasteiger partial charge in [-0.3, -0.25) is 0 Å². The van der Waals surface area contributed by atoms with Gasteiger partial charge in [-0.2, -0.15) is 0 Å². The molecule has 3 heteroatoms. The van der Waals surface area contributed by atoms with E-state index in [-0.39, 0.29) is 5.54 Å². The highest BCUT2D eigenvalue weighted by Gasteiger charge is 2.26. The van der Waals surface area contributed by atoms with Crippen molar-refractivity contribution in [2.45, 2.75) is 18.4 Å². The summed E-state index contributed by atoms with van der Waals surface area (Å²) in [5.41, 5.74) is 7.11. The minimum Gasteiger partial charge on any atom is -0.385 e. The fourth-order valence-corrected chi connectivity index (χ4v) is 1.69. The lowest BCUT2D eigenvalue weighted by Crippen LogP contribution is -2.39. The number of benzene rings is 1. The van der Waals surface area contributed by atoms with E-state index in [2.05, 4.69) is 6.07 Å². The minimum absolute atomic E-state index is 0.385. The van der Waals surface area contributed by atoms with Crippen LogP contribution in [0.2, 0.25) is 0 Å². The second-order valence-electron chi connectivity index (χ2n) is 3.93. The van der Waals surface area contributed by atoms with E-state index < -0.39 is 0 Å². The third kappa shape index (κ3) is 3.59. The standard InChI is InChI=1S/C13H20NO2/c1-15-10-8-13(14,9-11-16-2)12-6-4-3-5-7-12/h3-4,6-7H,8-11,14H2,1-2H3. The quantitative estimate of drug-likeness (QED) is 0.764. The molecule has 1 rings (SSSR count). The first-order valence-corrected chi connectivity index (χ1v) is 5.46. The van der Waals surface area contributed by atoms with Gasteiger partial charge in [0.15, 0.2) is 0 Å². The van der Waals surface area contributed by atoms with Gasteiger partial charge in [0, 0.05) is 33.0 Å².